The number of carbonyl (C=O) groups excluding carboxylic acids is 1. The van der Waals surface area contributed by atoms with Crippen molar-refractivity contribution in [1.29, 1.82) is 0 Å². The molecule has 0 unspecified atom stereocenters. The van der Waals surface area contributed by atoms with Gasteiger partial charge in [0.1, 0.15) is 5.75 Å². The largest absolute Gasteiger partial charge is 0.482 e. The van der Waals surface area contributed by atoms with Crippen molar-refractivity contribution in [3.63, 3.8) is 0 Å². The summed E-state index contributed by atoms with van der Waals surface area (Å²) in [5, 5.41) is 9.32. The average molecular weight is 423 g/mol. The number of fused-ring (bicyclic) bond motifs is 2. The zero-order chi connectivity index (χ0) is 20.2. The molecule has 0 atom stereocenters. The van der Waals surface area contributed by atoms with Crippen LogP contribution in [0.2, 0.25) is 10.0 Å². The lowest BCUT2D eigenvalue weighted by molar-refractivity contribution is -0.123. The zero-order valence-corrected chi connectivity index (χ0v) is 16.7. The van der Waals surface area contributed by atoms with Crippen LogP contribution in [0.1, 0.15) is 5.56 Å². The summed E-state index contributed by atoms with van der Waals surface area (Å²) in [6.07, 6.45) is 1.66. The van der Waals surface area contributed by atoms with Crippen LogP contribution >= 0.6 is 23.2 Å². The molecule has 29 heavy (non-hydrogen) atoms. The second kappa shape index (κ2) is 8.52. The number of hydrogen-bond donors (Lipinski definition) is 1. The van der Waals surface area contributed by atoms with E-state index in [0.29, 0.717) is 15.8 Å². The van der Waals surface area contributed by atoms with Crippen LogP contribution in [0.4, 0.5) is 0 Å². The second-order valence-electron chi connectivity index (χ2n) is 6.39. The number of amides is 1. The first-order chi connectivity index (χ1) is 14.1. The van der Waals surface area contributed by atoms with Gasteiger partial charge in [-0.1, -0.05) is 71.7 Å². The number of carbonyl (C=O) groups is 1. The summed E-state index contributed by atoms with van der Waals surface area (Å²) in [7, 11) is 0. The van der Waals surface area contributed by atoms with Crippen LogP contribution in [0.3, 0.4) is 0 Å². The molecule has 0 radical (unpaired) electrons. The molecule has 0 fully saturated rings. The highest BCUT2D eigenvalue weighted by atomic mass is 35.5. The van der Waals surface area contributed by atoms with Crippen LogP contribution in [-0.4, -0.2) is 18.7 Å². The topological polar surface area (TPSA) is 50.7 Å². The van der Waals surface area contributed by atoms with Gasteiger partial charge < -0.3 is 4.74 Å². The molecule has 0 saturated carbocycles. The highest BCUT2D eigenvalue weighted by Crippen LogP contribution is 2.28. The van der Waals surface area contributed by atoms with Crippen molar-refractivity contribution in [3.8, 4) is 5.75 Å². The maximum Gasteiger partial charge on any atom is 0.277 e. The van der Waals surface area contributed by atoms with E-state index in [2.05, 4.69) is 28.7 Å². The highest BCUT2D eigenvalue weighted by Gasteiger charge is 2.07. The van der Waals surface area contributed by atoms with Crippen LogP contribution in [0.25, 0.3) is 21.5 Å². The van der Waals surface area contributed by atoms with Gasteiger partial charge in [-0.2, -0.15) is 5.10 Å². The third-order valence-electron chi connectivity index (χ3n) is 4.45. The zero-order valence-electron chi connectivity index (χ0n) is 15.2. The molecule has 6 heteroatoms. The fourth-order valence-electron chi connectivity index (χ4n) is 3.12. The Balaban J connectivity index is 1.51. The molecular weight excluding hydrogens is 407 g/mol. The summed E-state index contributed by atoms with van der Waals surface area (Å²) < 4.78 is 5.42. The first kappa shape index (κ1) is 19.2. The van der Waals surface area contributed by atoms with Gasteiger partial charge >= 0.3 is 0 Å². The molecule has 0 saturated heterocycles. The molecule has 1 amide bonds. The average Bonchev–Trinajstić information content (AvgIpc) is 2.72. The molecule has 4 aromatic rings. The van der Waals surface area contributed by atoms with Crippen molar-refractivity contribution in [1.82, 2.24) is 5.43 Å². The van der Waals surface area contributed by atoms with Gasteiger partial charge in [-0.3, -0.25) is 4.79 Å². The molecule has 144 valence electrons. The fraction of sp³-hybridized carbons (Fsp3) is 0.0435. The molecule has 4 aromatic carbocycles. The molecule has 0 aliphatic rings. The molecule has 0 spiro atoms. The molecule has 0 aliphatic carbocycles. The Hall–Kier alpha value is -3.08. The summed E-state index contributed by atoms with van der Waals surface area (Å²) in [5.41, 5.74) is 3.44. The molecule has 0 aliphatic heterocycles. The predicted molar refractivity (Wildman–Crippen MR) is 119 cm³/mol. The quantitative estimate of drug-likeness (QED) is 0.250. The summed E-state index contributed by atoms with van der Waals surface area (Å²) in [5.74, 6) is -0.00736. The third kappa shape index (κ3) is 4.34. The summed E-state index contributed by atoms with van der Waals surface area (Å²) >= 11 is 11.9. The van der Waals surface area contributed by atoms with E-state index >= 15 is 0 Å². The lowest BCUT2D eigenvalue weighted by Gasteiger charge is -2.08. The minimum absolute atomic E-state index is 0.213. The highest BCUT2D eigenvalue weighted by molar-refractivity contribution is 6.35. The Kier molecular flexibility index (Phi) is 5.65. The van der Waals surface area contributed by atoms with Gasteiger partial charge in [-0.15, -0.1) is 0 Å². The van der Waals surface area contributed by atoms with Crippen molar-refractivity contribution in [2.75, 3.05) is 6.61 Å². The van der Waals surface area contributed by atoms with Crippen molar-refractivity contribution < 1.29 is 9.53 Å². The van der Waals surface area contributed by atoms with Crippen molar-refractivity contribution >= 4 is 56.9 Å². The summed E-state index contributed by atoms with van der Waals surface area (Å²) in [6.45, 7) is -0.213. The molecule has 0 heterocycles. The maximum absolute atomic E-state index is 12.1. The minimum Gasteiger partial charge on any atom is -0.482 e. The Labute approximate surface area is 177 Å². The van der Waals surface area contributed by atoms with E-state index in [1.807, 2.05) is 36.4 Å². The van der Waals surface area contributed by atoms with Crippen LogP contribution in [0.5, 0.6) is 5.75 Å². The Morgan fingerprint density at radius 1 is 0.931 bits per heavy atom. The Bertz CT molecular complexity index is 1180. The van der Waals surface area contributed by atoms with Gasteiger partial charge in [0.2, 0.25) is 0 Å². The van der Waals surface area contributed by atoms with E-state index in [4.69, 9.17) is 27.9 Å². The third-order valence-corrected chi connectivity index (χ3v) is 4.98. The lowest BCUT2D eigenvalue weighted by Crippen LogP contribution is -2.24. The maximum atomic E-state index is 12.1. The Morgan fingerprint density at radius 2 is 1.59 bits per heavy atom. The van der Waals surface area contributed by atoms with Gasteiger partial charge in [0, 0.05) is 10.6 Å². The van der Waals surface area contributed by atoms with E-state index in [1.165, 1.54) is 0 Å². The van der Waals surface area contributed by atoms with Gasteiger partial charge in [0.25, 0.3) is 5.91 Å². The molecule has 1 N–H and O–H groups in total. The molecule has 4 nitrogen and oxygen atoms in total. The molecular formula is C23H16Cl2N2O2. The van der Waals surface area contributed by atoms with Crippen molar-refractivity contribution in [2.24, 2.45) is 5.10 Å². The standard InChI is InChI=1S/C23H16Cl2N2O2/c24-17-9-10-22(21(25)12-17)29-14-23(28)27-26-13-20-18-7-3-1-5-15(18)11-16-6-2-4-8-19(16)20/h1-13H,14H2,(H,27,28)/b26-13+. The monoisotopic (exact) mass is 422 g/mol. The number of nitrogens with zero attached hydrogens (tertiary/aromatic N) is 1. The Morgan fingerprint density at radius 3 is 2.24 bits per heavy atom. The number of benzene rings is 4. The normalized spacial score (nSPS) is 11.2. The first-order valence-corrected chi connectivity index (χ1v) is 9.67. The second-order valence-corrected chi connectivity index (χ2v) is 7.23. The number of hydrogen-bond acceptors (Lipinski definition) is 3. The summed E-state index contributed by atoms with van der Waals surface area (Å²) in [6, 6.07) is 23.1. The minimum atomic E-state index is -0.392. The number of rotatable bonds is 5. The van der Waals surface area contributed by atoms with Crippen molar-refractivity contribution in [3.05, 3.63) is 88.4 Å². The predicted octanol–water partition coefficient (Wildman–Crippen LogP) is 5.83. The van der Waals surface area contributed by atoms with Gasteiger partial charge in [0.15, 0.2) is 6.61 Å². The van der Waals surface area contributed by atoms with Crippen LogP contribution in [0.15, 0.2) is 77.9 Å². The van der Waals surface area contributed by atoms with Gasteiger partial charge in [-0.25, -0.2) is 5.43 Å². The number of hydrazone groups is 1. The number of ether oxygens (including phenoxy) is 1. The van der Waals surface area contributed by atoms with Gasteiger partial charge in [-0.05, 0) is 45.8 Å². The molecule has 0 bridgehead atoms. The van der Waals surface area contributed by atoms with Gasteiger partial charge in [0.05, 0.1) is 11.2 Å². The van der Waals surface area contributed by atoms with E-state index in [0.717, 1.165) is 27.1 Å². The number of nitrogens with one attached hydrogen (secondary N) is 1. The van der Waals surface area contributed by atoms with Crippen LogP contribution < -0.4 is 10.2 Å². The van der Waals surface area contributed by atoms with E-state index in [-0.39, 0.29) is 6.61 Å². The van der Waals surface area contributed by atoms with E-state index in [1.54, 1.807) is 24.4 Å². The van der Waals surface area contributed by atoms with E-state index < -0.39 is 5.91 Å². The number of halogens is 2. The van der Waals surface area contributed by atoms with Crippen molar-refractivity contribution in [2.45, 2.75) is 0 Å². The lowest BCUT2D eigenvalue weighted by atomic mass is 9.97. The summed E-state index contributed by atoms with van der Waals surface area (Å²) in [4.78, 5) is 12.1. The van der Waals surface area contributed by atoms with Crippen LogP contribution in [-0.2, 0) is 4.79 Å². The molecule has 0 aromatic heterocycles. The fourth-order valence-corrected chi connectivity index (χ4v) is 3.59. The van der Waals surface area contributed by atoms with Crippen LogP contribution in [0, 0.1) is 0 Å². The smallest absolute Gasteiger partial charge is 0.277 e. The van der Waals surface area contributed by atoms with E-state index in [9.17, 15) is 4.79 Å². The molecule has 4 rings (SSSR count). The first-order valence-electron chi connectivity index (χ1n) is 8.92. The SMILES string of the molecule is O=C(COc1ccc(Cl)cc1Cl)N/N=C/c1c2ccccc2cc2ccccc12.